The number of halogens is 1. The van der Waals surface area contributed by atoms with Gasteiger partial charge in [0, 0.05) is 16.6 Å². The highest BCUT2D eigenvalue weighted by molar-refractivity contribution is 8.00. The third-order valence-electron chi connectivity index (χ3n) is 4.54. The van der Waals surface area contributed by atoms with Crippen molar-refractivity contribution < 1.29 is 9.18 Å². The van der Waals surface area contributed by atoms with Crippen LogP contribution in [0.1, 0.15) is 18.1 Å². The second-order valence-electron chi connectivity index (χ2n) is 6.62. The zero-order chi connectivity index (χ0) is 19.8. The van der Waals surface area contributed by atoms with Gasteiger partial charge in [0.2, 0.25) is 11.1 Å². The summed E-state index contributed by atoms with van der Waals surface area (Å²) in [4.78, 5) is 20.2. The van der Waals surface area contributed by atoms with Crippen LogP contribution in [0.15, 0.2) is 41.6 Å². The Bertz CT molecular complexity index is 1190. The van der Waals surface area contributed by atoms with E-state index < -0.39 is 5.25 Å². The molecule has 28 heavy (non-hydrogen) atoms. The molecule has 0 fully saturated rings. The Morgan fingerprint density at radius 3 is 2.68 bits per heavy atom. The molecule has 0 aliphatic carbocycles. The number of aryl methyl sites for hydroxylation is 2. The van der Waals surface area contributed by atoms with Crippen molar-refractivity contribution in [3.8, 4) is 0 Å². The summed E-state index contributed by atoms with van der Waals surface area (Å²) in [5.74, 6) is -0.477. The van der Waals surface area contributed by atoms with Gasteiger partial charge in [0.25, 0.3) is 0 Å². The molecule has 4 rings (SSSR count). The highest BCUT2D eigenvalue weighted by Crippen LogP contribution is 2.27. The van der Waals surface area contributed by atoms with Crippen molar-refractivity contribution in [3.05, 3.63) is 53.3 Å². The summed E-state index contributed by atoms with van der Waals surface area (Å²) >= 11 is 1.22. The summed E-state index contributed by atoms with van der Waals surface area (Å²) in [5.41, 5.74) is 4.60. The van der Waals surface area contributed by atoms with E-state index in [1.54, 1.807) is 13.0 Å². The van der Waals surface area contributed by atoms with Gasteiger partial charge in [-0.2, -0.15) is 0 Å². The molecule has 2 N–H and O–H groups in total. The first-order chi connectivity index (χ1) is 13.4. The number of benzene rings is 2. The zero-order valence-electron chi connectivity index (χ0n) is 15.6. The lowest BCUT2D eigenvalue weighted by atomic mass is 10.1. The summed E-state index contributed by atoms with van der Waals surface area (Å²) in [6, 6.07) is 10.3. The summed E-state index contributed by atoms with van der Waals surface area (Å²) in [6.45, 7) is 5.71. The molecule has 142 valence electrons. The van der Waals surface area contributed by atoms with E-state index in [4.69, 9.17) is 0 Å². The van der Waals surface area contributed by atoms with Crippen LogP contribution in [-0.2, 0) is 4.79 Å². The smallest absolute Gasteiger partial charge is 0.237 e. The number of hydrogen-bond acceptors (Lipinski definition) is 5. The fourth-order valence-electron chi connectivity index (χ4n) is 3.03. The molecular weight excluding hydrogens is 377 g/mol. The van der Waals surface area contributed by atoms with E-state index in [1.165, 1.54) is 23.9 Å². The number of nitrogens with one attached hydrogen (secondary N) is 2. The van der Waals surface area contributed by atoms with Gasteiger partial charge in [0.05, 0.1) is 5.25 Å². The van der Waals surface area contributed by atoms with Crippen molar-refractivity contribution in [2.75, 3.05) is 5.32 Å². The molecule has 8 heteroatoms. The third kappa shape index (κ3) is 3.43. The van der Waals surface area contributed by atoms with Gasteiger partial charge in [0.1, 0.15) is 11.3 Å². The predicted molar refractivity (Wildman–Crippen MR) is 109 cm³/mol. The van der Waals surface area contributed by atoms with E-state index >= 15 is 0 Å². The fraction of sp³-hybridized carbons (Fsp3) is 0.200. The van der Waals surface area contributed by atoms with Crippen molar-refractivity contribution >= 4 is 45.4 Å². The van der Waals surface area contributed by atoms with Crippen LogP contribution in [0.3, 0.4) is 0 Å². The Labute approximate surface area is 165 Å². The molecular formula is C20H18FN5OS. The summed E-state index contributed by atoms with van der Waals surface area (Å²) < 4.78 is 13.5. The highest BCUT2D eigenvalue weighted by atomic mass is 32.2. The predicted octanol–water partition coefficient (Wildman–Crippen LogP) is 4.38. The molecule has 1 amide bonds. The topological polar surface area (TPSA) is 83.6 Å². The average molecular weight is 395 g/mol. The monoisotopic (exact) mass is 395 g/mol. The van der Waals surface area contributed by atoms with Crippen LogP contribution in [0.2, 0.25) is 0 Å². The number of rotatable bonds is 4. The second kappa shape index (κ2) is 7.20. The van der Waals surface area contributed by atoms with Gasteiger partial charge >= 0.3 is 0 Å². The fourth-order valence-corrected chi connectivity index (χ4v) is 3.74. The van der Waals surface area contributed by atoms with Crippen molar-refractivity contribution in [1.29, 1.82) is 0 Å². The number of thioether (sulfide) groups is 1. The number of carbonyl (C=O) groups is 1. The maximum absolute atomic E-state index is 13.5. The molecule has 0 aliphatic heterocycles. The normalized spacial score (nSPS) is 12.4. The van der Waals surface area contributed by atoms with Crippen LogP contribution in [0, 0.1) is 19.7 Å². The standard InChI is InChI=1S/C20H18FN5OS/c1-10-5-4-6-11(2)16(10)23-19(27)12(3)28-20-24-18-17(25-26-20)14-9-13(21)7-8-15(14)22-18/h4-9,12H,1-3H3,(H,23,27)(H,22,24,26)/t12-/m1/s1. The first-order valence-electron chi connectivity index (χ1n) is 8.78. The minimum absolute atomic E-state index is 0.134. The molecule has 2 aromatic heterocycles. The van der Waals surface area contributed by atoms with E-state index in [9.17, 15) is 9.18 Å². The lowest BCUT2D eigenvalue weighted by Gasteiger charge is -2.14. The number of H-pyrrole nitrogens is 1. The van der Waals surface area contributed by atoms with E-state index in [0.29, 0.717) is 21.7 Å². The van der Waals surface area contributed by atoms with Gasteiger partial charge in [-0.25, -0.2) is 9.37 Å². The molecule has 1 atom stereocenters. The van der Waals surface area contributed by atoms with E-state index in [-0.39, 0.29) is 11.7 Å². The number of nitrogens with zero attached hydrogens (tertiary/aromatic N) is 3. The Hall–Kier alpha value is -3.00. The van der Waals surface area contributed by atoms with Gasteiger partial charge in [-0.1, -0.05) is 30.0 Å². The maximum Gasteiger partial charge on any atom is 0.237 e. The van der Waals surface area contributed by atoms with Crippen LogP contribution in [-0.4, -0.2) is 31.3 Å². The number of aromatic amines is 1. The number of carbonyl (C=O) groups excluding carboxylic acids is 1. The summed E-state index contributed by atoms with van der Waals surface area (Å²) in [7, 11) is 0. The number of hydrogen-bond donors (Lipinski definition) is 2. The highest BCUT2D eigenvalue weighted by Gasteiger charge is 2.19. The SMILES string of the molecule is Cc1cccc(C)c1NC(=O)[C@@H](C)Sc1nnc2c(n1)[nH]c1ccc(F)cc12. The third-order valence-corrected chi connectivity index (χ3v) is 5.49. The van der Waals surface area contributed by atoms with Gasteiger partial charge in [-0.15, -0.1) is 10.2 Å². The Morgan fingerprint density at radius 2 is 1.93 bits per heavy atom. The zero-order valence-corrected chi connectivity index (χ0v) is 16.4. The Kier molecular flexibility index (Phi) is 4.72. The molecule has 6 nitrogen and oxygen atoms in total. The first-order valence-corrected chi connectivity index (χ1v) is 9.66. The minimum atomic E-state index is -0.417. The van der Waals surface area contributed by atoms with Crippen molar-refractivity contribution in [1.82, 2.24) is 20.2 Å². The largest absolute Gasteiger partial charge is 0.338 e. The number of aromatic nitrogens is 4. The van der Waals surface area contributed by atoms with Crippen molar-refractivity contribution in [3.63, 3.8) is 0 Å². The summed E-state index contributed by atoms with van der Waals surface area (Å²) in [5, 5.41) is 11.8. The van der Waals surface area contributed by atoms with Crippen LogP contribution in [0.4, 0.5) is 10.1 Å². The lowest BCUT2D eigenvalue weighted by molar-refractivity contribution is -0.115. The first kappa shape index (κ1) is 18.4. The van der Waals surface area contributed by atoms with Crippen LogP contribution >= 0.6 is 11.8 Å². The molecule has 4 aromatic rings. The average Bonchev–Trinajstić information content (AvgIpc) is 3.01. The van der Waals surface area contributed by atoms with Gasteiger partial charge in [-0.05, 0) is 50.1 Å². The molecule has 0 saturated heterocycles. The maximum atomic E-state index is 13.5. The molecule has 0 bridgehead atoms. The molecule has 2 heterocycles. The number of anilines is 1. The molecule has 0 radical (unpaired) electrons. The minimum Gasteiger partial charge on any atom is -0.338 e. The van der Waals surface area contributed by atoms with Gasteiger partial charge in [0.15, 0.2) is 5.65 Å². The van der Waals surface area contributed by atoms with Gasteiger partial charge < -0.3 is 10.3 Å². The second-order valence-corrected chi connectivity index (χ2v) is 7.93. The molecule has 0 aliphatic rings. The van der Waals surface area contributed by atoms with E-state index in [2.05, 4.69) is 25.5 Å². The van der Waals surface area contributed by atoms with E-state index in [0.717, 1.165) is 22.3 Å². The molecule has 2 aromatic carbocycles. The van der Waals surface area contributed by atoms with Crippen LogP contribution in [0.25, 0.3) is 22.1 Å². The molecule has 0 saturated carbocycles. The summed E-state index contributed by atoms with van der Waals surface area (Å²) in [6.07, 6.45) is 0. The number of amides is 1. The quantitative estimate of drug-likeness (QED) is 0.501. The Balaban J connectivity index is 1.55. The Morgan fingerprint density at radius 1 is 1.18 bits per heavy atom. The van der Waals surface area contributed by atoms with Crippen LogP contribution < -0.4 is 5.32 Å². The molecule has 0 spiro atoms. The number of fused-ring (bicyclic) bond motifs is 3. The van der Waals surface area contributed by atoms with E-state index in [1.807, 2.05) is 32.0 Å². The number of para-hydroxylation sites is 1. The van der Waals surface area contributed by atoms with Crippen molar-refractivity contribution in [2.24, 2.45) is 0 Å². The van der Waals surface area contributed by atoms with Crippen LogP contribution in [0.5, 0.6) is 0 Å². The lowest BCUT2D eigenvalue weighted by Crippen LogP contribution is -2.23. The van der Waals surface area contributed by atoms with Gasteiger partial charge in [-0.3, -0.25) is 4.79 Å². The van der Waals surface area contributed by atoms with Crippen molar-refractivity contribution in [2.45, 2.75) is 31.2 Å². The molecule has 0 unspecified atom stereocenters.